The number of para-hydroxylation sites is 1. The molecule has 2 aromatic rings. The standard InChI is InChI=1S/C18H24N4O3/c1-13(15-8-10-20-12-21-15)22(2)18(23)14-6-4-7-16(24-3)17(14)25-11-5-9-19/h4,6-8,10,12-13H,5,9,11,19H2,1-3H3/t13-/m0/s1. The number of ether oxygens (including phenoxy) is 2. The molecule has 1 aromatic heterocycles. The lowest BCUT2D eigenvalue weighted by Gasteiger charge is -2.25. The van der Waals surface area contributed by atoms with Gasteiger partial charge >= 0.3 is 0 Å². The number of nitrogens with zero attached hydrogens (tertiary/aromatic N) is 3. The van der Waals surface area contributed by atoms with E-state index in [9.17, 15) is 4.79 Å². The average Bonchev–Trinajstić information content (AvgIpc) is 2.67. The normalized spacial score (nSPS) is 11.7. The van der Waals surface area contributed by atoms with Gasteiger partial charge in [0, 0.05) is 13.2 Å². The van der Waals surface area contributed by atoms with E-state index in [1.54, 1.807) is 49.5 Å². The molecule has 0 spiro atoms. The summed E-state index contributed by atoms with van der Waals surface area (Å²) < 4.78 is 11.1. The molecule has 0 radical (unpaired) electrons. The molecule has 2 N–H and O–H groups in total. The molecule has 0 unspecified atom stereocenters. The zero-order valence-corrected chi connectivity index (χ0v) is 14.8. The molecule has 7 nitrogen and oxygen atoms in total. The Labute approximate surface area is 147 Å². The molecule has 0 fully saturated rings. The first kappa shape index (κ1) is 18.7. The van der Waals surface area contributed by atoms with Crippen LogP contribution in [0.1, 0.15) is 35.4 Å². The lowest BCUT2D eigenvalue weighted by Crippen LogP contribution is -2.30. The second-order valence-electron chi connectivity index (χ2n) is 5.55. The van der Waals surface area contributed by atoms with Crippen LogP contribution in [0, 0.1) is 0 Å². The molecule has 2 rings (SSSR count). The Morgan fingerprint density at radius 2 is 2.16 bits per heavy atom. The van der Waals surface area contributed by atoms with Gasteiger partial charge in [-0.15, -0.1) is 0 Å². The predicted molar refractivity (Wildman–Crippen MR) is 94.7 cm³/mol. The molecule has 0 saturated carbocycles. The molecule has 0 bridgehead atoms. The van der Waals surface area contributed by atoms with Crippen LogP contribution in [0.5, 0.6) is 11.5 Å². The number of carbonyl (C=O) groups excluding carboxylic acids is 1. The van der Waals surface area contributed by atoms with Gasteiger partial charge in [0.25, 0.3) is 5.91 Å². The number of hydrogen-bond donors (Lipinski definition) is 1. The second kappa shape index (κ2) is 8.98. The number of nitrogens with two attached hydrogens (primary N) is 1. The van der Waals surface area contributed by atoms with Crippen molar-refractivity contribution in [3.63, 3.8) is 0 Å². The summed E-state index contributed by atoms with van der Waals surface area (Å²) in [6.07, 6.45) is 3.82. The molecular weight excluding hydrogens is 320 g/mol. The van der Waals surface area contributed by atoms with Crippen LogP contribution in [0.2, 0.25) is 0 Å². The first-order valence-corrected chi connectivity index (χ1v) is 8.13. The summed E-state index contributed by atoms with van der Waals surface area (Å²) in [7, 11) is 3.28. The zero-order valence-electron chi connectivity index (χ0n) is 14.8. The highest BCUT2D eigenvalue weighted by Gasteiger charge is 2.24. The van der Waals surface area contributed by atoms with Crippen molar-refractivity contribution in [3.05, 3.63) is 48.0 Å². The first-order valence-electron chi connectivity index (χ1n) is 8.13. The van der Waals surface area contributed by atoms with Gasteiger partial charge in [0.05, 0.1) is 31.0 Å². The minimum Gasteiger partial charge on any atom is -0.493 e. The van der Waals surface area contributed by atoms with E-state index in [1.165, 1.54) is 6.33 Å². The largest absolute Gasteiger partial charge is 0.493 e. The molecule has 0 aliphatic heterocycles. The average molecular weight is 344 g/mol. The summed E-state index contributed by atoms with van der Waals surface area (Å²) >= 11 is 0. The Morgan fingerprint density at radius 3 is 2.80 bits per heavy atom. The number of hydrogen-bond acceptors (Lipinski definition) is 6. The highest BCUT2D eigenvalue weighted by molar-refractivity contribution is 5.97. The molecule has 134 valence electrons. The van der Waals surface area contributed by atoms with Crippen molar-refractivity contribution in [3.8, 4) is 11.5 Å². The molecule has 1 amide bonds. The van der Waals surface area contributed by atoms with Gasteiger partial charge < -0.3 is 20.1 Å². The number of carbonyl (C=O) groups is 1. The molecule has 0 aliphatic carbocycles. The van der Waals surface area contributed by atoms with Crippen LogP contribution in [-0.2, 0) is 0 Å². The van der Waals surface area contributed by atoms with Gasteiger partial charge in [0.15, 0.2) is 11.5 Å². The van der Waals surface area contributed by atoms with Gasteiger partial charge in [-0.3, -0.25) is 4.79 Å². The number of methoxy groups -OCH3 is 1. The van der Waals surface area contributed by atoms with Gasteiger partial charge in [-0.25, -0.2) is 9.97 Å². The lowest BCUT2D eigenvalue weighted by molar-refractivity contribution is 0.0734. The maximum atomic E-state index is 13.0. The van der Waals surface area contributed by atoms with Crippen LogP contribution in [0.15, 0.2) is 36.8 Å². The highest BCUT2D eigenvalue weighted by Crippen LogP contribution is 2.33. The monoisotopic (exact) mass is 344 g/mol. The molecule has 1 heterocycles. The van der Waals surface area contributed by atoms with Crippen molar-refractivity contribution in [1.29, 1.82) is 0 Å². The summed E-state index contributed by atoms with van der Waals surface area (Å²) in [6.45, 7) is 2.85. The minimum atomic E-state index is -0.210. The SMILES string of the molecule is COc1cccc(C(=O)N(C)[C@@H](C)c2ccncn2)c1OCCCN. The Morgan fingerprint density at radius 1 is 1.36 bits per heavy atom. The van der Waals surface area contributed by atoms with Gasteiger partial charge in [-0.2, -0.15) is 0 Å². The van der Waals surface area contributed by atoms with E-state index in [-0.39, 0.29) is 11.9 Å². The van der Waals surface area contributed by atoms with Crippen LogP contribution in [-0.4, -0.2) is 48.1 Å². The highest BCUT2D eigenvalue weighted by atomic mass is 16.5. The van der Waals surface area contributed by atoms with Gasteiger partial charge in [-0.05, 0) is 38.1 Å². The summed E-state index contributed by atoms with van der Waals surface area (Å²) in [5.74, 6) is 0.781. The smallest absolute Gasteiger partial charge is 0.258 e. The fourth-order valence-electron chi connectivity index (χ4n) is 2.36. The van der Waals surface area contributed by atoms with Crippen LogP contribution in [0.3, 0.4) is 0 Å². The van der Waals surface area contributed by atoms with Crippen LogP contribution < -0.4 is 15.2 Å². The summed E-state index contributed by atoms with van der Waals surface area (Å²) in [5.41, 5.74) is 6.72. The summed E-state index contributed by atoms with van der Waals surface area (Å²) in [5, 5.41) is 0. The molecule has 1 atom stereocenters. The molecule has 7 heteroatoms. The maximum Gasteiger partial charge on any atom is 0.258 e. The second-order valence-corrected chi connectivity index (χ2v) is 5.55. The van der Waals surface area contributed by atoms with E-state index in [4.69, 9.17) is 15.2 Å². The third-order valence-electron chi connectivity index (χ3n) is 3.96. The molecule has 0 saturated heterocycles. The van der Waals surface area contributed by atoms with Crippen LogP contribution >= 0.6 is 0 Å². The van der Waals surface area contributed by atoms with Crippen molar-refractivity contribution in [2.75, 3.05) is 27.3 Å². The Hall–Kier alpha value is -2.67. The molecule has 25 heavy (non-hydrogen) atoms. The van der Waals surface area contributed by atoms with E-state index in [0.717, 1.165) is 5.69 Å². The topological polar surface area (TPSA) is 90.6 Å². The van der Waals surface area contributed by atoms with E-state index < -0.39 is 0 Å². The van der Waals surface area contributed by atoms with E-state index in [1.807, 2.05) is 6.92 Å². The lowest BCUT2D eigenvalue weighted by atomic mass is 10.1. The van der Waals surface area contributed by atoms with Crippen LogP contribution in [0.4, 0.5) is 0 Å². The third-order valence-corrected chi connectivity index (χ3v) is 3.96. The summed E-state index contributed by atoms with van der Waals surface area (Å²) in [4.78, 5) is 22.7. The van der Waals surface area contributed by atoms with Crippen molar-refractivity contribution in [2.24, 2.45) is 5.73 Å². The van der Waals surface area contributed by atoms with Crippen molar-refractivity contribution in [1.82, 2.24) is 14.9 Å². The zero-order chi connectivity index (χ0) is 18.2. The summed E-state index contributed by atoms with van der Waals surface area (Å²) in [6, 6.07) is 6.84. The predicted octanol–water partition coefficient (Wildman–Crippen LogP) is 2.05. The van der Waals surface area contributed by atoms with Gasteiger partial charge in [-0.1, -0.05) is 6.07 Å². The maximum absolute atomic E-state index is 13.0. The fraction of sp³-hybridized carbons (Fsp3) is 0.389. The van der Waals surface area contributed by atoms with E-state index in [0.29, 0.717) is 36.6 Å². The Balaban J connectivity index is 2.28. The Kier molecular flexibility index (Phi) is 6.71. The number of amides is 1. The fourth-order valence-corrected chi connectivity index (χ4v) is 2.36. The van der Waals surface area contributed by atoms with E-state index in [2.05, 4.69) is 9.97 Å². The Bertz CT molecular complexity index is 694. The van der Waals surface area contributed by atoms with E-state index >= 15 is 0 Å². The van der Waals surface area contributed by atoms with Gasteiger partial charge in [0.1, 0.15) is 6.33 Å². The van der Waals surface area contributed by atoms with Gasteiger partial charge in [0.2, 0.25) is 0 Å². The van der Waals surface area contributed by atoms with Crippen LogP contribution in [0.25, 0.3) is 0 Å². The minimum absolute atomic E-state index is 0.173. The quantitative estimate of drug-likeness (QED) is 0.737. The van der Waals surface area contributed by atoms with Crippen molar-refractivity contribution >= 4 is 5.91 Å². The molecular formula is C18H24N4O3. The van der Waals surface area contributed by atoms with Crippen molar-refractivity contribution < 1.29 is 14.3 Å². The molecule has 0 aliphatic rings. The number of benzene rings is 1. The molecule has 1 aromatic carbocycles. The van der Waals surface area contributed by atoms with Crippen molar-refractivity contribution in [2.45, 2.75) is 19.4 Å². The first-order chi connectivity index (χ1) is 12.1. The number of aromatic nitrogens is 2. The number of rotatable bonds is 8. The third kappa shape index (κ3) is 4.45.